The number of hydrogen-bond donors (Lipinski definition) is 1. The molecule has 1 aliphatic carbocycles. The molecular weight excluding hydrogens is 402 g/mol. The van der Waals surface area contributed by atoms with Gasteiger partial charge in [0.2, 0.25) is 0 Å². The molecule has 5 nitrogen and oxygen atoms in total. The Labute approximate surface area is 182 Å². The number of carbonyl (C=O) groups excluding carboxylic acids is 1. The summed E-state index contributed by atoms with van der Waals surface area (Å²) in [7, 11) is 0. The van der Waals surface area contributed by atoms with Crippen LogP contribution in [0.1, 0.15) is 60.3 Å². The molecule has 0 spiro atoms. The van der Waals surface area contributed by atoms with Gasteiger partial charge in [0.1, 0.15) is 23.5 Å². The molecule has 0 aromatic heterocycles. The van der Waals surface area contributed by atoms with Crippen molar-refractivity contribution in [3.8, 4) is 0 Å². The highest BCUT2D eigenvalue weighted by Gasteiger charge is 2.47. The summed E-state index contributed by atoms with van der Waals surface area (Å²) in [5.41, 5.74) is 1.65. The standard InChI is InChI=1S/C24H32F2N2O3/c1-6-28-19-12-17(26)16(25)11-18(19)27-21-20(13(2)30-22(21)28)23(29)31-15-9-7-14(8-10-15)24(3,4)5/h11-12,14-15,21-22,27H,6-10H2,1-5H3/t14?,15?,21-,22-/m0/s1. The van der Waals surface area contributed by atoms with Gasteiger partial charge in [0.15, 0.2) is 17.9 Å². The lowest BCUT2D eigenvalue weighted by Crippen LogP contribution is -2.51. The number of carbonyl (C=O) groups is 1. The molecule has 4 rings (SSSR count). The number of ether oxygens (including phenoxy) is 2. The molecule has 1 saturated carbocycles. The van der Waals surface area contributed by atoms with E-state index < -0.39 is 29.9 Å². The van der Waals surface area contributed by atoms with Crippen LogP contribution in [0.2, 0.25) is 0 Å². The van der Waals surface area contributed by atoms with E-state index in [0.717, 1.165) is 31.7 Å². The number of benzene rings is 1. The van der Waals surface area contributed by atoms with Gasteiger partial charge in [0.05, 0.1) is 11.4 Å². The molecule has 0 radical (unpaired) electrons. The van der Waals surface area contributed by atoms with Crippen molar-refractivity contribution in [2.45, 2.75) is 78.7 Å². The van der Waals surface area contributed by atoms with E-state index in [1.54, 1.807) is 6.92 Å². The van der Waals surface area contributed by atoms with Crippen molar-refractivity contribution in [1.29, 1.82) is 0 Å². The Morgan fingerprint density at radius 3 is 2.45 bits per heavy atom. The molecule has 1 fully saturated rings. The summed E-state index contributed by atoms with van der Waals surface area (Å²) in [5.74, 6) is -1.11. The quantitative estimate of drug-likeness (QED) is 0.649. The summed E-state index contributed by atoms with van der Waals surface area (Å²) in [6, 6.07) is 1.80. The fourth-order valence-corrected chi connectivity index (χ4v) is 5.14. The normalized spacial score (nSPS) is 27.9. The van der Waals surface area contributed by atoms with Crippen LogP contribution in [0.4, 0.5) is 20.2 Å². The minimum Gasteiger partial charge on any atom is -0.472 e. The Bertz CT molecular complexity index is 901. The summed E-state index contributed by atoms with van der Waals surface area (Å²) in [4.78, 5) is 15.0. The van der Waals surface area contributed by atoms with Crippen molar-refractivity contribution in [3.05, 3.63) is 35.1 Å². The van der Waals surface area contributed by atoms with Gasteiger partial charge >= 0.3 is 5.97 Å². The molecule has 1 aromatic rings. The maximum Gasteiger partial charge on any atom is 0.340 e. The average Bonchev–Trinajstić information content (AvgIpc) is 3.02. The van der Waals surface area contributed by atoms with Gasteiger partial charge < -0.3 is 19.7 Å². The van der Waals surface area contributed by atoms with Crippen molar-refractivity contribution in [2.75, 3.05) is 16.8 Å². The monoisotopic (exact) mass is 434 g/mol. The minimum atomic E-state index is -0.930. The zero-order valence-corrected chi connectivity index (χ0v) is 18.9. The van der Waals surface area contributed by atoms with Crippen LogP contribution in [0.25, 0.3) is 0 Å². The third kappa shape index (κ3) is 3.99. The van der Waals surface area contributed by atoms with Crippen molar-refractivity contribution in [2.24, 2.45) is 11.3 Å². The third-order valence-electron chi connectivity index (χ3n) is 6.97. The first-order valence-electron chi connectivity index (χ1n) is 11.2. The molecule has 0 saturated heterocycles. The van der Waals surface area contributed by atoms with Gasteiger partial charge in [0, 0.05) is 18.7 Å². The molecule has 7 heteroatoms. The Balaban J connectivity index is 1.50. The first-order chi connectivity index (χ1) is 14.6. The van der Waals surface area contributed by atoms with Crippen LogP contribution >= 0.6 is 0 Å². The zero-order chi connectivity index (χ0) is 22.5. The number of anilines is 2. The molecule has 1 aromatic carbocycles. The predicted molar refractivity (Wildman–Crippen MR) is 116 cm³/mol. The fourth-order valence-electron chi connectivity index (χ4n) is 5.14. The number of likely N-dealkylation sites (N-methyl/N-ethyl adjacent to an activating group) is 1. The van der Waals surface area contributed by atoms with Gasteiger partial charge in [0.25, 0.3) is 0 Å². The molecule has 170 valence electrons. The maximum atomic E-state index is 13.9. The average molecular weight is 435 g/mol. The van der Waals surface area contributed by atoms with Gasteiger partial charge in [-0.15, -0.1) is 0 Å². The third-order valence-corrected chi connectivity index (χ3v) is 6.97. The second-order valence-corrected chi connectivity index (χ2v) is 9.91. The highest BCUT2D eigenvalue weighted by atomic mass is 19.2. The van der Waals surface area contributed by atoms with Crippen molar-refractivity contribution >= 4 is 17.3 Å². The maximum absolute atomic E-state index is 13.9. The number of hydrogen-bond acceptors (Lipinski definition) is 5. The molecule has 2 aliphatic heterocycles. The number of allylic oxidation sites excluding steroid dienone is 1. The van der Waals surface area contributed by atoms with Crippen molar-refractivity contribution in [3.63, 3.8) is 0 Å². The molecule has 0 bridgehead atoms. The van der Waals surface area contributed by atoms with Gasteiger partial charge in [-0.05, 0) is 50.9 Å². The molecule has 31 heavy (non-hydrogen) atoms. The van der Waals surface area contributed by atoms with Gasteiger partial charge in [-0.3, -0.25) is 0 Å². The topological polar surface area (TPSA) is 50.8 Å². The first-order valence-corrected chi connectivity index (χ1v) is 11.2. The van der Waals surface area contributed by atoms with Crippen LogP contribution in [-0.4, -0.2) is 30.9 Å². The predicted octanol–water partition coefficient (Wildman–Crippen LogP) is 5.36. The van der Waals surface area contributed by atoms with Gasteiger partial charge in [-0.1, -0.05) is 20.8 Å². The molecule has 2 atom stereocenters. The number of esters is 1. The summed E-state index contributed by atoms with van der Waals surface area (Å²) >= 11 is 0. The molecule has 3 aliphatic rings. The van der Waals surface area contributed by atoms with E-state index in [1.165, 1.54) is 6.07 Å². The Hall–Kier alpha value is -2.31. The number of nitrogens with zero attached hydrogens (tertiary/aromatic N) is 1. The van der Waals surface area contributed by atoms with E-state index in [0.29, 0.717) is 35.2 Å². The Morgan fingerprint density at radius 1 is 1.19 bits per heavy atom. The molecule has 0 unspecified atom stereocenters. The van der Waals surface area contributed by atoms with E-state index >= 15 is 0 Å². The number of rotatable bonds is 3. The second-order valence-electron chi connectivity index (χ2n) is 9.91. The summed E-state index contributed by atoms with van der Waals surface area (Å²) < 4.78 is 39.6. The number of fused-ring (bicyclic) bond motifs is 2. The fraction of sp³-hybridized carbons (Fsp3) is 0.625. The molecular formula is C24H32F2N2O3. The summed E-state index contributed by atoms with van der Waals surface area (Å²) in [5, 5.41) is 3.18. The molecule has 1 N–H and O–H groups in total. The molecule has 0 amide bonds. The van der Waals surface area contributed by atoms with Crippen molar-refractivity contribution < 1.29 is 23.0 Å². The van der Waals surface area contributed by atoms with Crippen LogP contribution in [0.3, 0.4) is 0 Å². The lowest BCUT2D eigenvalue weighted by molar-refractivity contribution is -0.146. The minimum absolute atomic E-state index is 0.102. The van der Waals surface area contributed by atoms with Crippen LogP contribution in [-0.2, 0) is 14.3 Å². The van der Waals surface area contributed by atoms with E-state index in [1.807, 2.05) is 11.8 Å². The van der Waals surface area contributed by atoms with Crippen LogP contribution < -0.4 is 10.2 Å². The van der Waals surface area contributed by atoms with Crippen molar-refractivity contribution in [1.82, 2.24) is 0 Å². The first kappa shape index (κ1) is 21.9. The summed E-state index contributed by atoms with van der Waals surface area (Å²) in [6.07, 6.45) is 3.19. The van der Waals surface area contributed by atoms with E-state index in [-0.39, 0.29) is 11.5 Å². The van der Waals surface area contributed by atoms with Crippen LogP contribution in [0.5, 0.6) is 0 Å². The Morgan fingerprint density at radius 2 is 1.84 bits per heavy atom. The van der Waals surface area contributed by atoms with Gasteiger partial charge in [-0.25, -0.2) is 13.6 Å². The van der Waals surface area contributed by atoms with E-state index in [4.69, 9.17) is 9.47 Å². The smallest absolute Gasteiger partial charge is 0.340 e. The summed E-state index contributed by atoms with van der Waals surface area (Å²) in [6.45, 7) is 11.0. The lowest BCUT2D eigenvalue weighted by atomic mass is 9.72. The van der Waals surface area contributed by atoms with Crippen LogP contribution in [0.15, 0.2) is 23.5 Å². The zero-order valence-electron chi connectivity index (χ0n) is 18.9. The number of nitrogens with one attached hydrogen (secondary N) is 1. The SMILES string of the molecule is CCN1c2cc(F)c(F)cc2N[C@H]2C(C(=O)OC3CCC(C(C)(C)C)CC3)=C(C)O[C@@H]21. The molecule has 2 heterocycles. The second kappa shape index (κ2) is 7.99. The largest absolute Gasteiger partial charge is 0.472 e. The highest BCUT2D eigenvalue weighted by molar-refractivity contribution is 5.93. The van der Waals surface area contributed by atoms with Gasteiger partial charge in [-0.2, -0.15) is 0 Å². The van der Waals surface area contributed by atoms with Crippen LogP contribution in [0, 0.1) is 23.0 Å². The Kier molecular flexibility index (Phi) is 5.64. The van der Waals surface area contributed by atoms with E-state index in [2.05, 4.69) is 26.1 Å². The number of halogens is 2. The highest BCUT2D eigenvalue weighted by Crippen LogP contribution is 2.43. The van der Waals surface area contributed by atoms with E-state index in [9.17, 15) is 13.6 Å². The lowest BCUT2D eigenvalue weighted by Gasteiger charge is -2.40.